The standard InChI is InChI=1S/C17H19NO2.C8H8BNO5.C8H11BO2.C3H8.C2H6/c1-4-10-18-16-9-8-14(12(3)20)17-13(11(2)19)6-5-7-15(16)17;1-5(11)6-2-7(9(12)13)4-8(3-6)10(14)15;1-2-7-5-3-4-6-8(7)9(10)11;1-3-2;1-2/h5-9,18H,4,10H2,1-3H3;2-4,12-13H,1H3;3-6,10-11H,2H2,1H3;3H2,1-2H3;1-2H3. The van der Waals surface area contributed by atoms with E-state index in [1.54, 1.807) is 24.3 Å². The molecule has 0 saturated carbocycles. The van der Waals surface area contributed by atoms with Crippen LogP contribution in [0.1, 0.15) is 112 Å². The number of hydrogen-bond donors (Lipinski definition) is 5. The molecule has 4 aromatic carbocycles. The van der Waals surface area contributed by atoms with Crippen LogP contribution in [0.15, 0.2) is 72.8 Å². The van der Waals surface area contributed by atoms with Crippen molar-refractivity contribution in [3.63, 3.8) is 0 Å². The fourth-order valence-electron chi connectivity index (χ4n) is 4.61. The summed E-state index contributed by atoms with van der Waals surface area (Å²) in [4.78, 5) is 44.5. The van der Waals surface area contributed by atoms with Gasteiger partial charge in [0.05, 0.1) is 4.92 Å². The Morgan fingerprint density at radius 3 is 1.76 bits per heavy atom. The first-order chi connectivity index (χ1) is 24.1. The molecule has 5 N–H and O–H groups in total. The molecule has 0 aliphatic heterocycles. The topological polar surface area (TPSA) is 187 Å². The van der Waals surface area contributed by atoms with Crippen molar-refractivity contribution in [3.05, 3.63) is 105 Å². The van der Waals surface area contributed by atoms with E-state index in [4.69, 9.17) is 20.1 Å². The van der Waals surface area contributed by atoms with Crippen LogP contribution in [0.25, 0.3) is 10.8 Å². The van der Waals surface area contributed by atoms with Gasteiger partial charge in [0, 0.05) is 51.8 Å². The number of Topliss-reactive ketones (excluding diaryl/α,β-unsaturated/α-hetero) is 3. The molecule has 11 nitrogen and oxygen atoms in total. The number of anilines is 1. The third kappa shape index (κ3) is 15.0. The number of aryl methyl sites for hydroxylation is 1. The van der Waals surface area contributed by atoms with E-state index in [-0.39, 0.29) is 34.1 Å². The van der Waals surface area contributed by atoms with Gasteiger partial charge in [-0.15, -0.1) is 0 Å². The molecule has 4 aromatic rings. The van der Waals surface area contributed by atoms with Crippen LogP contribution in [0, 0.1) is 10.1 Å². The lowest BCUT2D eigenvalue weighted by molar-refractivity contribution is -0.384. The fraction of sp³-hybridized carbons (Fsp3) is 0.342. The van der Waals surface area contributed by atoms with Crippen LogP contribution in [0.2, 0.25) is 0 Å². The zero-order valence-corrected chi connectivity index (χ0v) is 31.2. The quantitative estimate of drug-likeness (QED) is 0.0575. The Bertz CT molecular complexity index is 1670. The molecule has 0 amide bonds. The first kappa shape index (κ1) is 46.3. The van der Waals surface area contributed by atoms with Crippen LogP contribution in [0.4, 0.5) is 11.4 Å². The van der Waals surface area contributed by atoms with E-state index < -0.39 is 19.2 Å². The van der Waals surface area contributed by atoms with Crippen molar-refractivity contribution in [2.45, 2.75) is 81.6 Å². The Kier molecular flexibility index (Phi) is 22.2. The van der Waals surface area contributed by atoms with E-state index in [2.05, 4.69) is 26.1 Å². The Labute approximate surface area is 302 Å². The second kappa shape index (κ2) is 24.5. The zero-order chi connectivity index (χ0) is 39.3. The van der Waals surface area contributed by atoms with E-state index >= 15 is 0 Å². The lowest BCUT2D eigenvalue weighted by Gasteiger charge is -2.13. The van der Waals surface area contributed by atoms with Gasteiger partial charge >= 0.3 is 14.2 Å². The smallest absolute Gasteiger partial charge is 0.423 e. The average molecular weight is 702 g/mol. The molecule has 0 unspecified atom stereocenters. The number of nitrogens with one attached hydrogen (secondary N) is 1. The molecule has 51 heavy (non-hydrogen) atoms. The number of carbonyl (C=O) groups excluding carboxylic acids is 3. The minimum Gasteiger partial charge on any atom is -0.423 e. The highest BCUT2D eigenvalue weighted by Crippen LogP contribution is 2.30. The molecule has 0 spiro atoms. The van der Waals surface area contributed by atoms with Crippen LogP contribution >= 0.6 is 0 Å². The van der Waals surface area contributed by atoms with Gasteiger partial charge in [-0.3, -0.25) is 24.5 Å². The van der Waals surface area contributed by atoms with Gasteiger partial charge in [0.1, 0.15) is 0 Å². The average Bonchev–Trinajstić information content (AvgIpc) is 3.11. The third-order valence-electron chi connectivity index (χ3n) is 6.93. The van der Waals surface area contributed by atoms with E-state index in [0.717, 1.165) is 53.5 Å². The summed E-state index contributed by atoms with van der Waals surface area (Å²) in [6.45, 7) is 17.5. The number of hydrogen-bond acceptors (Lipinski definition) is 10. The minimum absolute atomic E-state index is 0.0225. The molecule has 0 bridgehead atoms. The van der Waals surface area contributed by atoms with Crippen molar-refractivity contribution in [2.75, 3.05) is 11.9 Å². The van der Waals surface area contributed by atoms with Gasteiger partial charge in [-0.25, -0.2) is 0 Å². The Morgan fingerprint density at radius 1 is 0.745 bits per heavy atom. The van der Waals surface area contributed by atoms with Gasteiger partial charge in [0.25, 0.3) is 5.69 Å². The summed E-state index contributed by atoms with van der Waals surface area (Å²) in [7, 11) is -3.17. The Balaban J connectivity index is 0.000000716. The largest absolute Gasteiger partial charge is 0.488 e. The van der Waals surface area contributed by atoms with E-state index in [1.807, 2.05) is 51.1 Å². The van der Waals surface area contributed by atoms with Crippen LogP contribution in [-0.4, -0.2) is 63.2 Å². The number of fused-ring (bicyclic) bond motifs is 1. The van der Waals surface area contributed by atoms with Crippen molar-refractivity contribution in [1.29, 1.82) is 0 Å². The maximum Gasteiger partial charge on any atom is 0.488 e. The number of ketones is 3. The molecule has 13 heteroatoms. The molecule has 0 fully saturated rings. The number of nitrogens with zero attached hydrogens (tertiary/aromatic N) is 1. The highest BCUT2D eigenvalue weighted by atomic mass is 16.6. The lowest BCUT2D eigenvalue weighted by Crippen LogP contribution is -2.32. The molecule has 0 aliphatic carbocycles. The molecule has 4 rings (SSSR count). The van der Waals surface area contributed by atoms with Crippen LogP contribution in [0.3, 0.4) is 0 Å². The van der Waals surface area contributed by atoms with Gasteiger partial charge in [0.15, 0.2) is 17.3 Å². The molecule has 0 saturated heterocycles. The summed E-state index contributed by atoms with van der Waals surface area (Å²) in [5.41, 5.74) is 3.43. The van der Waals surface area contributed by atoms with Crippen molar-refractivity contribution < 1.29 is 39.4 Å². The highest BCUT2D eigenvalue weighted by Gasteiger charge is 2.19. The maximum atomic E-state index is 11.8. The highest BCUT2D eigenvalue weighted by molar-refractivity contribution is 6.59. The van der Waals surface area contributed by atoms with E-state index in [0.29, 0.717) is 16.6 Å². The molecule has 274 valence electrons. The summed E-state index contributed by atoms with van der Waals surface area (Å²) < 4.78 is 0. The summed E-state index contributed by atoms with van der Waals surface area (Å²) in [5.74, 6) is -0.419. The van der Waals surface area contributed by atoms with E-state index in [9.17, 15) is 24.5 Å². The molecular formula is C38H52B2N2O9. The Morgan fingerprint density at radius 2 is 1.31 bits per heavy atom. The lowest BCUT2D eigenvalue weighted by atomic mass is 9.76. The van der Waals surface area contributed by atoms with Crippen LogP contribution < -0.4 is 16.2 Å². The van der Waals surface area contributed by atoms with Gasteiger partial charge in [0.2, 0.25) is 0 Å². The number of benzene rings is 4. The van der Waals surface area contributed by atoms with Gasteiger partial charge in [-0.2, -0.15) is 0 Å². The first-order valence-corrected chi connectivity index (χ1v) is 17.1. The molecule has 0 atom stereocenters. The Hall–Kier alpha value is -4.68. The number of nitro groups is 1. The van der Waals surface area contributed by atoms with Crippen molar-refractivity contribution in [3.8, 4) is 0 Å². The fourth-order valence-corrected chi connectivity index (χ4v) is 4.61. The van der Waals surface area contributed by atoms with Crippen LogP contribution in [0.5, 0.6) is 0 Å². The van der Waals surface area contributed by atoms with Crippen molar-refractivity contribution >= 4 is 64.7 Å². The predicted molar refractivity (Wildman–Crippen MR) is 209 cm³/mol. The molecular weight excluding hydrogens is 650 g/mol. The molecule has 0 aromatic heterocycles. The second-order valence-electron chi connectivity index (χ2n) is 11.1. The summed E-state index contributed by atoms with van der Waals surface area (Å²) >= 11 is 0. The van der Waals surface area contributed by atoms with Crippen molar-refractivity contribution in [1.82, 2.24) is 0 Å². The monoisotopic (exact) mass is 702 g/mol. The van der Waals surface area contributed by atoms with Crippen molar-refractivity contribution in [2.24, 2.45) is 0 Å². The predicted octanol–water partition coefficient (Wildman–Crippen LogP) is 5.92. The molecule has 0 radical (unpaired) electrons. The number of rotatable bonds is 10. The maximum absolute atomic E-state index is 11.8. The normalized spacial score (nSPS) is 9.59. The van der Waals surface area contributed by atoms with Gasteiger partial charge in [-0.05, 0) is 62.2 Å². The molecule has 0 heterocycles. The third-order valence-corrected chi connectivity index (χ3v) is 6.93. The number of carbonyl (C=O) groups is 3. The second-order valence-corrected chi connectivity index (χ2v) is 11.1. The number of nitro benzene ring substituents is 1. The zero-order valence-electron chi connectivity index (χ0n) is 31.2. The van der Waals surface area contributed by atoms with Gasteiger partial charge in [-0.1, -0.05) is 96.5 Å². The van der Waals surface area contributed by atoms with Crippen LogP contribution in [-0.2, 0) is 6.42 Å². The van der Waals surface area contributed by atoms with Gasteiger partial charge < -0.3 is 25.4 Å². The number of non-ortho nitro benzene ring substituents is 1. The molecule has 0 aliphatic rings. The summed E-state index contributed by atoms with van der Waals surface area (Å²) in [6.07, 6.45) is 3.09. The first-order valence-electron chi connectivity index (χ1n) is 17.1. The SMILES string of the molecule is CC.CC(=O)c1cc(B(O)O)cc([N+](=O)[O-])c1.CCC.CCCNc1ccc(C(C)=O)c2c(C(C)=O)cccc12.CCc1ccccc1B(O)O. The van der Waals surface area contributed by atoms with E-state index in [1.165, 1.54) is 33.3 Å². The summed E-state index contributed by atoms with van der Waals surface area (Å²) in [5, 5.41) is 51.0. The summed E-state index contributed by atoms with van der Waals surface area (Å²) in [6, 6.07) is 19.9. The minimum atomic E-state index is -1.83.